The summed E-state index contributed by atoms with van der Waals surface area (Å²) in [5.41, 5.74) is 2.40. The first-order chi connectivity index (χ1) is 12.9. The van der Waals surface area contributed by atoms with Crippen LogP contribution in [0.2, 0.25) is 0 Å². The smallest absolute Gasteiger partial charge is 0.155 e. The van der Waals surface area contributed by atoms with Gasteiger partial charge in [-0.05, 0) is 104 Å². The Morgan fingerprint density at radius 1 is 1.15 bits per heavy atom. The standard InChI is InChI=1S/C26H40O/c1-5-6-7-8-18(2)22-11-12-23-21-10-9-19-17-20(27)13-15-25(19,3)24(21)14-16-26(22,23)4/h5,17-18,21-24H,1,6-16H2,2-4H3/t18-,21+,22-,23+,24+,25+,26-/m1/s1. The van der Waals surface area contributed by atoms with E-state index in [1.54, 1.807) is 0 Å². The van der Waals surface area contributed by atoms with E-state index in [2.05, 4.69) is 33.4 Å². The van der Waals surface area contributed by atoms with Gasteiger partial charge in [0.2, 0.25) is 0 Å². The summed E-state index contributed by atoms with van der Waals surface area (Å²) in [4.78, 5) is 12.0. The second kappa shape index (κ2) is 7.20. The van der Waals surface area contributed by atoms with E-state index in [0.717, 1.165) is 42.4 Å². The first-order valence-electron chi connectivity index (χ1n) is 11.7. The molecule has 0 aromatic carbocycles. The average Bonchev–Trinajstić information content (AvgIpc) is 3.00. The van der Waals surface area contributed by atoms with Crippen LogP contribution in [0.15, 0.2) is 24.3 Å². The number of hydrogen-bond acceptors (Lipinski definition) is 1. The van der Waals surface area contributed by atoms with Crippen LogP contribution in [0.5, 0.6) is 0 Å². The maximum absolute atomic E-state index is 12.0. The molecule has 4 aliphatic carbocycles. The molecule has 0 N–H and O–H groups in total. The van der Waals surface area contributed by atoms with Gasteiger partial charge < -0.3 is 0 Å². The minimum Gasteiger partial charge on any atom is -0.295 e. The third kappa shape index (κ3) is 3.08. The number of unbranched alkanes of at least 4 members (excludes halogenated alkanes) is 1. The van der Waals surface area contributed by atoms with E-state index in [9.17, 15) is 4.79 Å². The van der Waals surface area contributed by atoms with Crippen LogP contribution < -0.4 is 0 Å². The lowest BCUT2D eigenvalue weighted by Gasteiger charge is -2.58. The fourth-order valence-corrected chi connectivity index (χ4v) is 8.32. The Morgan fingerprint density at radius 3 is 2.74 bits per heavy atom. The number of rotatable bonds is 5. The Morgan fingerprint density at radius 2 is 1.96 bits per heavy atom. The summed E-state index contributed by atoms with van der Waals surface area (Å²) >= 11 is 0. The molecule has 0 aromatic rings. The first-order valence-corrected chi connectivity index (χ1v) is 11.7. The zero-order valence-corrected chi connectivity index (χ0v) is 17.9. The molecule has 0 bridgehead atoms. The first kappa shape index (κ1) is 19.5. The second-order valence-corrected chi connectivity index (χ2v) is 10.9. The highest BCUT2D eigenvalue weighted by Crippen LogP contribution is 2.67. The maximum Gasteiger partial charge on any atom is 0.155 e. The molecule has 0 radical (unpaired) electrons. The Kier molecular flexibility index (Phi) is 5.19. The lowest BCUT2D eigenvalue weighted by Crippen LogP contribution is -2.50. The molecule has 0 aromatic heterocycles. The van der Waals surface area contributed by atoms with E-state index in [1.807, 2.05) is 6.08 Å². The molecule has 0 saturated heterocycles. The topological polar surface area (TPSA) is 17.1 Å². The highest BCUT2D eigenvalue weighted by Gasteiger charge is 2.59. The molecule has 0 amide bonds. The second-order valence-electron chi connectivity index (χ2n) is 10.9. The van der Waals surface area contributed by atoms with Crippen LogP contribution >= 0.6 is 0 Å². The number of allylic oxidation sites excluding steroid dienone is 2. The number of ketones is 1. The molecular weight excluding hydrogens is 328 g/mol. The third-order valence-electron chi connectivity index (χ3n) is 9.79. The van der Waals surface area contributed by atoms with E-state index in [-0.39, 0.29) is 0 Å². The monoisotopic (exact) mass is 368 g/mol. The van der Waals surface area contributed by atoms with Crippen LogP contribution in [0, 0.1) is 40.4 Å². The van der Waals surface area contributed by atoms with E-state index >= 15 is 0 Å². The van der Waals surface area contributed by atoms with Crippen molar-refractivity contribution in [2.24, 2.45) is 40.4 Å². The van der Waals surface area contributed by atoms with Crippen LogP contribution in [0.3, 0.4) is 0 Å². The van der Waals surface area contributed by atoms with Gasteiger partial charge in [-0.25, -0.2) is 0 Å². The van der Waals surface area contributed by atoms with Gasteiger partial charge in [-0.3, -0.25) is 4.79 Å². The van der Waals surface area contributed by atoms with Crippen molar-refractivity contribution in [1.29, 1.82) is 0 Å². The van der Waals surface area contributed by atoms with Crippen molar-refractivity contribution in [2.45, 2.75) is 91.4 Å². The lowest BCUT2D eigenvalue weighted by molar-refractivity contribution is -0.117. The predicted molar refractivity (Wildman–Crippen MR) is 113 cm³/mol. The number of hydrogen-bond donors (Lipinski definition) is 0. The summed E-state index contributed by atoms with van der Waals surface area (Å²) in [7, 11) is 0. The summed E-state index contributed by atoms with van der Waals surface area (Å²) in [6.07, 6.45) is 18.2. The molecule has 4 aliphatic rings. The van der Waals surface area contributed by atoms with Gasteiger partial charge in [-0.2, -0.15) is 0 Å². The molecule has 0 spiro atoms. The Bertz CT molecular complexity index is 630. The molecular formula is C26H40O. The average molecular weight is 369 g/mol. The molecule has 4 rings (SSSR count). The van der Waals surface area contributed by atoms with Crippen molar-refractivity contribution in [3.05, 3.63) is 24.3 Å². The van der Waals surface area contributed by atoms with E-state index in [0.29, 0.717) is 16.6 Å². The van der Waals surface area contributed by atoms with Gasteiger partial charge in [-0.15, -0.1) is 6.58 Å². The molecule has 0 heterocycles. The minimum atomic E-state index is 0.325. The molecule has 1 nitrogen and oxygen atoms in total. The van der Waals surface area contributed by atoms with Crippen LogP contribution in [0.25, 0.3) is 0 Å². The third-order valence-corrected chi connectivity index (χ3v) is 9.79. The van der Waals surface area contributed by atoms with Crippen LogP contribution in [0.1, 0.15) is 91.4 Å². The number of fused-ring (bicyclic) bond motifs is 5. The summed E-state index contributed by atoms with van der Waals surface area (Å²) in [6, 6.07) is 0. The van der Waals surface area contributed by atoms with Gasteiger partial charge in [0.1, 0.15) is 0 Å². The molecule has 1 heteroatoms. The summed E-state index contributed by atoms with van der Waals surface area (Å²) in [6.45, 7) is 11.6. The predicted octanol–water partition coefficient (Wildman–Crippen LogP) is 7.13. The summed E-state index contributed by atoms with van der Waals surface area (Å²) in [5.74, 6) is 4.84. The largest absolute Gasteiger partial charge is 0.295 e. The quantitative estimate of drug-likeness (QED) is 0.373. The van der Waals surface area contributed by atoms with Crippen molar-refractivity contribution in [2.75, 3.05) is 0 Å². The zero-order chi connectivity index (χ0) is 19.2. The number of carbonyl (C=O) groups is 1. The van der Waals surface area contributed by atoms with E-state index in [4.69, 9.17) is 0 Å². The van der Waals surface area contributed by atoms with E-state index in [1.165, 1.54) is 63.4 Å². The lowest BCUT2D eigenvalue weighted by atomic mass is 9.46. The van der Waals surface area contributed by atoms with Crippen molar-refractivity contribution in [1.82, 2.24) is 0 Å². The Labute approximate surface area is 167 Å². The SMILES string of the molecule is C=CCCC[C@@H](C)[C@H]1CC[C@H]2[C@@H]3CCC4=CC(=O)CC[C@]4(C)[C@H]3CC[C@]12C. The molecule has 3 saturated carbocycles. The summed E-state index contributed by atoms with van der Waals surface area (Å²) in [5, 5.41) is 0. The molecule has 150 valence electrons. The van der Waals surface area contributed by atoms with Crippen LogP contribution in [-0.4, -0.2) is 5.78 Å². The molecule has 0 aliphatic heterocycles. The molecule has 3 fully saturated rings. The fourth-order valence-electron chi connectivity index (χ4n) is 8.32. The van der Waals surface area contributed by atoms with Crippen molar-refractivity contribution in [3.8, 4) is 0 Å². The van der Waals surface area contributed by atoms with Crippen molar-refractivity contribution < 1.29 is 4.79 Å². The zero-order valence-electron chi connectivity index (χ0n) is 17.9. The van der Waals surface area contributed by atoms with Crippen molar-refractivity contribution >= 4 is 5.78 Å². The maximum atomic E-state index is 12.0. The van der Waals surface area contributed by atoms with Crippen molar-refractivity contribution in [3.63, 3.8) is 0 Å². The van der Waals surface area contributed by atoms with Crippen LogP contribution in [-0.2, 0) is 4.79 Å². The Hall–Kier alpha value is -0.850. The number of carbonyl (C=O) groups excluding carboxylic acids is 1. The van der Waals surface area contributed by atoms with Gasteiger partial charge in [0.05, 0.1) is 0 Å². The van der Waals surface area contributed by atoms with Gasteiger partial charge in [-0.1, -0.05) is 38.8 Å². The summed E-state index contributed by atoms with van der Waals surface area (Å²) < 4.78 is 0. The molecule has 27 heavy (non-hydrogen) atoms. The van der Waals surface area contributed by atoms with Gasteiger partial charge in [0.15, 0.2) is 5.78 Å². The minimum absolute atomic E-state index is 0.325. The molecule has 7 atom stereocenters. The molecule has 0 unspecified atom stereocenters. The van der Waals surface area contributed by atoms with Gasteiger partial charge in [0, 0.05) is 6.42 Å². The fraction of sp³-hybridized carbons (Fsp3) is 0.808. The van der Waals surface area contributed by atoms with Gasteiger partial charge >= 0.3 is 0 Å². The van der Waals surface area contributed by atoms with E-state index < -0.39 is 0 Å². The Balaban J connectivity index is 1.53. The highest BCUT2D eigenvalue weighted by atomic mass is 16.1. The normalized spacial score (nSPS) is 44.7. The van der Waals surface area contributed by atoms with Crippen LogP contribution in [0.4, 0.5) is 0 Å². The van der Waals surface area contributed by atoms with Gasteiger partial charge in [0.25, 0.3) is 0 Å². The highest BCUT2D eigenvalue weighted by molar-refractivity contribution is 5.91.